The number of anilines is 1. The van der Waals surface area contributed by atoms with Crippen LogP contribution >= 0.6 is 0 Å². The predicted molar refractivity (Wildman–Crippen MR) is 102 cm³/mol. The largest absolute Gasteiger partial charge is 0.493 e. The van der Waals surface area contributed by atoms with Crippen LogP contribution in [0.2, 0.25) is 0 Å². The van der Waals surface area contributed by atoms with Gasteiger partial charge in [0.25, 0.3) is 5.91 Å². The molecule has 0 bridgehead atoms. The summed E-state index contributed by atoms with van der Waals surface area (Å²) in [6.45, 7) is 0.438. The normalized spacial score (nSPS) is 11.2. The number of hydrogen-bond donors (Lipinski definition) is 1. The lowest BCUT2D eigenvalue weighted by molar-refractivity contribution is -0.110. The van der Waals surface area contributed by atoms with Crippen molar-refractivity contribution in [2.45, 2.75) is 6.54 Å². The van der Waals surface area contributed by atoms with Crippen molar-refractivity contribution in [3.05, 3.63) is 60.3 Å². The first-order valence-corrected chi connectivity index (χ1v) is 8.35. The minimum Gasteiger partial charge on any atom is -0.493 e. The third-order valence-corrected chi connectivity index (χ3v) is 3.86. The number of rotatable bonds is 8. The molecule has 0 aliphatic heterocycles. The second-order valence-electron chi connectivity index (χ2n) is 5.63. The fourth-order valence-corrected chi connectivity index (χ4v) is 2.66. The highest BCUT2D eigenvalue weighted by molar-refractivity contribution is 6.48. The number of amides is 1. The number of para-hydroxylation sites is 1. The van der Waals surface area contributed by atoms with E-state index in [2.05, 4.69) is 15.6 Å². The maximum atomic E-state index is 12.5. The van der Waals surface area contributed by atoms with Crippen molar-refractivity contribution in [3.8, 4) is 11.5 Å². The van der Waals surface area contributed by atoms with Crippen LogP contribution in [0, 0.1) is 0 Å². The van der Waals surface area contributed by atoms with Gasteiger partial charge in [-0.15, -0.1) is 0 Å². The molecule has 1 N–H and O–H groups in total. The van der Waals surface area contributed by atoms with Gasteiger partial charge >= 0.3 is 0 Å². The van der Waals surface area contributed by atoms with E-state index in [9.17, 15) is 4.79 Å². The van der Waals surface area contributed by atoms with Gasteiger partial charge in [-0.05, 0) is 18.2 Å². The highest BCUT2D eigenvalue weighted by atomic mass is 16.6. The number of carbonyl (C=O) groups excluding carboxylic acids is 1. The molecule has 0 saturated carbocycles. The van der Waals surface area contributed by atoms with E-state index in [-0.39, 0.29) is 5.71 Å². The average molecular weight is 384 g/mol. The first-order chi connectivity index (χ1) is 13.7. The Bertz CT molecular complexity index is 963. The number of carbonyl (C=O) groups is 1. The van der Waals surface area contributed by atoms with Crippen LogP contribution in [0.3, 0.4) is 0 Å². The quantitative estimate of drug-likeness (QED) is 0.473. The van der Waals surface area contributed by atoms with Crippen molar-refractivity contribution in [2.24, 2.45) is 5.16 Å². The summed E-state index contributed by atoms with van der Waals surface area (Å²) in [6.07, 6.45) is 4.69. The van der Waals surface area contributed by atoms with Crippen LogP contribution in [0.4, 0.5) is 5.69 Å². The molecule has 0 spiro atoms. The summed E-state index contributed by atoms with van der Waals surface area (Å²) in [6, 6.07) is 8.90. The fraction of sp³-hybridized carbons (Fsp3) is 0.211. The number of benzene rings is 1. The molecule has 2 aromatic heterocycles. The van der Waals surface area contributed by atoms with E-state index in [1.807, 2.05) is 18.2 Å². The number of ether oxygens (including phenoxy) is 2. The Labute approximate surface area is 161 Å². The molecule has 1 amide bonds. The Kier molecular flexibility index (Phi) is 5.95. The number of aromatic nitrogens is 2. The summed E-state index contributed by atoms with van der Waals surface area (Å²) in [5, 5.41) is 10.7. The monoisotopic (exact) mass is 384 g/mol. The number of hydrogen-bond acceptors (Lipinski definition) is 7. The van der Waals surface area contributed by atoms with Crippen molar-refractivity contribution in [1.29, 1.82) is 0 Å². The average Bonchev–Trinajstić information content (AvgIpc) is 3.38. The number of furan rings is 1. The molecule has 0 aliphatic rings. The standard InChI is InChI=1S/C19H20N4O5/c1-25-16-7-4-6-13(18(16)26-2)11-23-12-14(10-20-23)21-19(24)17(22-27-3)15-8-5-9-28-15/h4-10,12H,11H2,1-3H3,(H,21,24)/b22-17+. The lowest BCUT2D eigenvalue weighted by atomic mass is 10.2. The number of nitrogens with one attached hydrogen (secondary N) is 1. The van der Waals surface area contributed by atoms with Crippen molar-refractivity contribution in [2.75, 3.05) is 26.6 Å². The van der Waals surface area contributed by atoms with Crippen LogP contribution in [-0.4, -0.2) is 42.7 Å². The molecule has 28 heavy (non-hydrogen) atoms. The Balaban J connectivity index is 1.74. The molecular formula is C19H20N4O5. The molecule has 3 aromatic rings. The molecule has 146 valence electrons. The molecular weight excluding hydrogens is 364 g/mol. The second-order valence-corrected chi connectivity index (χ2v) is 5.63. The lowest BCUT2D eigenvalue weighted by Gasteiger charge is -2.12. The molecule has 2 heterocycles. The molecule has 0 radical (unpaired) electrons. The van der Waals surface area contributed by atoms with Gasteiger partial charge < -0.3 is 24.0 Å². The summed E-state index contributed by atoms with van der Waals surface area (Å²) < 4.78 is 17.6. The van der Waals surface area contributed by atoms with Crippen LogP contribution in [0.25, 0.3) is 0 Å². The summed E-state index contributed by atoms with van der Waals surface area (Å²) in [4.78, 5) is 17.2. The van der Waals surface area contributed by atoms with Gasteiger partial charge in [0, 0.05) is 11.8 Å². The van der Waals surface area contributed by atoms with Crippen molar-refractivity contribution in [3.63, 3.8) is 0 Å². The smallest absolute Gasteiger partial charge is 0.281 e. The van der Waals surface area contributed by atoms with E-state index < -0.39 is 5.91 Å². The Morgan fingerprint density at radius 2 is 2.07 bits per heavy atom. The molecule has 0 aliphatic carbocycles. The van der Waals surface area contributed by atoms with E-state index in [4.69, 9.17) is 18.7 Å². The zero-order valence-electron chi connectivity index (χ0n) is 15.7. The van der Waals surface area contributed by atoms with Gasteiger partial charge in [0.15, 0.2) is 17.3 Å². The number of nitrogens with zero attached hydrogens (tertiary/aromatic N) is 3. The van der Waals surface area contributed by atoms with Gasteiger partial charge in [0.1, 0.15) is 7.11 Å². The van der Waals surface area contributed by atoms with Crippen LogP contribution in [0.15, 0.2) is 58.6 Å². The predicted octanol–water partition coefficient (Wildman–Crippen LogP) is 2.53. The molecule has 0 unspecified atom stereocenters. The van der Waals surface area contributed by atoms with Crippen LogP contribution in [-0.2, 0) is 16.2 Å². The van der Waals surface area contributed by atoms with Crippen LogP contribution in [0.1, 0.15) is 11.3 Å². The summed E-state index contributed by atoms with van der Waals surface area (Å²) in [5.41, 5.74) is 1.41. The van der Waals surface area contributed by atoms with Gasteiger partial charge in [-0.3, -0.25) is 9.48 Å². The summed E-state index contributed by atoms with van der Waals surface area (Å²) >= 11 is 0. The highest BCUT2D eigenvalue weighted by Crippen LogP contribution is 2.31. The highest BCUT2D eigenvalue weighted by Gasteiger charge is 2.19. The molecule has 3 rings (SSSR count). The topological polar surface area (TPSA) is 100 Å². The van der Waals surface area contributed by atoms with Crippen LogP contribution in [0.5, 0.6) is 11.5 Å². The Morgan fingerprint density at radius 3 is 2.75 bits per heavy atom. The van der Waals surface area contributed by atoms with Gasteiger partial charge in [-0.2, -0.15) is 5.10 Å². The third-order valence-electron chi connectivity index (χ3n) is 3.86. The number of methoxy groups -OCH3 is 2. The Morgan fingerprint density at radius 1 is 1.21 bits per heavy atom. The van der Waals surface area contributed by atoms with Gasteiger partial charge in [-0.25, -0.2) is 0 Å². The Hall–Kier alpha value is -3.75. The molecule has 1 aromatic carbocycles. The van der Waals surface area contributed by atoms with Crippen LogP contribution < -0.4 is 14.8 Å². The van der Waals surface area contributed by atoms with E-state index in [0.29, 0.717) is 29.5 Å². The molecule has 9 heteroatoms. The SMILES string of the molecule is CO/N=C(/C(=O)Nc1cnn(Cc2cccc(OC)c2OC)c1)c1ccco1. The maximum absolute atomic E-state index is 12.5. The third kappa shape index (κ3) is 4.14. The lowest BCUT2D eigenvalue weighted by Crippen LogP contribution is -2.23. The van der Waals surface area contributed by atoms with Gasteiger partial charge in [0.2, 0.25) is 5.71 Å². The molecule has 0 fully saturated rings. The molecule has 0 saturated heterocycles. The number of oxime groups is 1. The van der Waals surface area contributed by atoms with E-state index >= 15 is 0 Å². The van der Waals surface area contributed by atoms with Gasteiger partial charge in [-0.1, -0.05) is 17.3 Å². The minimum atomic E-state index is -0.477. The fourth-order valence-electron chi connectivity index (χ4n) is 2.66. The first-order valence-electron chi connectivity index (χ1n) is 8.35. The summed E-state index contributed by atoms with van der Waals surface area (Å²) in [7, 11) is 4.53. The van der Waals surface area contributed by atoms with Crippen molar-refractivity contribution >= 4 is 17.3 Å². The molecule has 0 atom stereocenters. The van der Waals surface area contributed by atoms with E-state index in [1.165, 1.54) is 19.6 Å². The van der Waals surface area contributed by atoms with E-state index in [1.54, 1.807) is 37.2 Å². The summed E-state index contributed by atoms with van der Waals surface area (Å²) in [5.74, 6) is 1.10. The zero-order chi connectivity index (χ0) is 19.9. The van der Waals surface area contributed by atoms with E-state index in [0.717, 1.165) is 5.56 Å². The maximum Gasteiger partial charge on any atom is 0.281 e. The van der Waals surface area contributed by atoms with Crippen molar-refractivity contribution in [1.82, 2.24) is 9.78 Å². The minimum absolute atomic E-state index is 0.0229. The van der Waals surface area contributed by atoms with Crippen molar-refractivity contribution < 1.29 is 23.5 Å². The second kappa shape index (κ2) is 8.76. The molecule has 9 nitrogen and oxygen atoms in total. The zero-order valence-corrected chi connectivity index (χ0v) is 15.7. The van der Waals surface area contributed by atoms with Gasteiger partial charge in [0.05, 0.1) is 38.9 Å². The first kappa shape index (κ1) is 19.0.